The van der Waals surface area contributed by atoms with Crippen LogP contribution in [0.25, 0.3) is 0 Å². The van der Waals surface area contributed by atoms with Gasteiger partial charge in [-0.15, -0.1) is 0 Å². The molecule has 6 heteroatoms. The zero-order valence-corrected chi connectivity index (χ0v) is 12.9. The molecule has 0 aliphatic heterocycles. The van der Waals surface area contributed by atoms with Gasteiger partial charge in [0.05, 0.1) is 0 Å². The molecule has 0 atom stereocenters. The van der Waals surface area contributed by atoms with E-state index in [-0.39, 0.29) is 11.0 Å². The van der Waals surface area contributed by atoms with Gasteiger partial charge in [-0.2, -0.15) is 0 Å². The molecule has 0 unspecified atom stereocenters. The zero-order chi connectivity index (χ0) is 15.4. The summed E-state index contributed by atoms with van der Waals surface area (Å²) in [6.07, 6.45) is 0. The molecule has 0 bridgehead atoms. The SMILES string of the molecule is Cc1ccc(Cl)cc1NC(=O)c1cccc(NC(N)=S)c1. The Labute approximate surface area is 133 Å². The van der Waals surface area contributed by atoms with E-state index in [1.165, 1.54) is 0 Å². The minimum absolute atomic E-state index is 0.151. The molecule has 4 N–H and O–H groups in total. The van der Waals surface area contributed by atoms with Gasteiger partial charge in [0.25, 0.3) is 5.91 Å². The fourth-order valence-corrected chi connectivity index (χ4v) is 2.09. The van der Waals surface area contributed by atoms with Crippen molar-refractivity contribution in [3.05, 3.63) is 58.6 Å². The Kier molecular flexibility index (Phi) is 4.77. The van der Waals surface area contributed by atoms with Crippen LogP contribution in [0, 0.1) is 6.92 Å². The third-order valence-electron chi connectivity index (χ3n) is 2.84. The van der Waals surface area contributed by atoms with Crippen molar-refractivity contribution >= 4 is 46.2 Å². The minimum atomic E-state index is -0.230. The molecule has 0 fully saturated rings. The van der Waals surface area contributed by atoms with Crippen LogP contribution in [0.3, 0.4) is 0 Å². The number of aryl methyl sites for hydroxylation is 1. The van der Waals surface area contributed by atoms with Crippen LogP contribution in [-0.4, -0.2) is 11.0 Å². The molecule has 21 heavy (non-hydrogen) atoms. The molecule has 0 aliphatic carbocycles. The summed E-state index contributed by atoms with van der Waals surface area (Å²) in [6, 6.07) is 12.3. The Hall–Kier alpha value is -2.11. The van der Waals surface area contributed by atoms with Gasteiger partial charge in [0.15, 0.2) is 5.11 Å². The second kappa shape index (κ2) is 6.56. The fourth-order valence-electron chi connectivity index (χ4n) is 1.80. The number of rotatable bonds is 3. The van der Waals surface area contributed by atoms with Crippen LogP contribution in [0.5, 0.6) is 0 Å². The second-order valence-corrected chi connectivity index (χ2v) is 5.36. The quantitative estimate of drug-likeness (QED) is 0.757. The van der Waals surface area contributed by atoms with E-state index in [1.807, 2.05) is 13.0 Å². The number of nitrogens with two attached hydrogens (primary N) is 1. The molecule has 0 saturated carbocycles. The van der Waals surface area contributed by atoms with Crippen LogP contribution < -0.4 is 16.4 Å². The Bertz CT molecular complexity index is 703. The summed E-state index contributed by atoms with van der Waals surface area (Å²) in [5.74, 6) is -0.230. The molecule has 2 aromatic rings. The molecule has 0 saturated heterocycles. The maximum atomic E-state index is 12.3. The standard InChI is InChI=1S/C15H14ClN3OS/c1-9-5-6-11(16)8-13(9)19-14(20)10-3-2-4-12(7-10)18-15(17)21/h2-8H,1H3,(H,19,20)(H3,17,18,21). The molecule has 0 spiro atoms. The first-order valence-corrected chi connectivity index (χ1v) is 6.98. The van der Waals surface area contributed by atoms with E-state index in [4.69, 9.17) is 29.6 Å². The van der Waals surface area contributed by atoms with Crippen molar-refractivity contribution in [1.29, 1.82) is 0 Å². The van der Waals surface area contributed by atoms with Gasteiger partial charge in [0.2, 0.25) is 0 Å². The van der Waals surface area contributed by atoms with Gasteiger partial charge in [0, 0.05) is 22.0 Å². The smallest absolute Gasteiger partial charge is 0.255 e. The van der Waals surface area contributed by atoms with Crippen molar-refractivity contribution in [2.75, 3.05) is 10.6 Å². The molecular formula is C15H14ClN3OS. The van der Waals surface area contributed by atoms with Crippen molar-refractivity contribution in [2.45, 2.75) is 6.92 Å². The molecule has 0 aliphatic rings. The summed E-state index contributed by atoms with van der Waals surface area (Å²) < 4.78 is 0. The number of nitrogens with one attached hydrogen (secondary N) is 2. The van der Waals surface area contributed by atoms with Crippen molar-refractivity contribution in [2.24, 2.45) is 5.73 Å². The highest BCUT2D eigenvalue weighted by atomic mass is 35.5. The number of amides is 1. The number of carbonyl (C=O) groups is 1. The normalized spacial score (nSPS) is 10.0. The average molecular weight is 320 g/mol. The number of carbonyl (C=O) groups excluding carboxylic acids is 1. The van der Waals surface area contributed by atoms with Crippen molar-refractivity contribution in [3.8, 4) is 0 Å². The van der Waals surface area contributed by atoms with Gasteiger partial charge in [-0.25, -0.2) is 0 Å². The highest BCUT2D eigenvalue weighted by Crippen LogP contribution is 2.21. The largest absolute Gasteiger partial charge is 0.376 e. The number of hydrogen-bond acceptors (Lipinski definition) is 2. The van der Waals surface area contributed by atoms with E-state index in [9.17, 15) is 4.79 Å². The maximum Gasteiger partial charge on any atom is 0.255 e. The van der Waals surface area contributed by atoms with Gasteiger partial charge in [0.1, 0.15) is 0 Å². The topological polar surface area (TPSA) is 67.2 Å². The second-order valence-electron chi connectivity index (χ2n) is 4.48. The number of halogens is 1. The Balaban J connectivity index is 2.20. The lowest BCUT2D eigenvalue weighted by Crippen LogP contribution is -2.19. The zero-order valence-electron chi connectivity index (χ0n) is 11.3. The van der Waals surface area contributed by atoms with Crippen molar-refractivity contribution in [3.63, 3.8) is 0 Å². The molecule has 2 rings (SSSR count). The van der Waals surface area contributed by atoms with Crippen LogP contribution in [0.4, 0.5) is 11.4 Å². The number of anilines is 2. The first-order chi connectivity index (χ1) is 9.95. The summed E-state index contributed by atoms with van der Waals surface area (Å²) in [5.41, 5.74) is 8.19. The third kappa shape index (κ3) is 4.18. The average Bonchev–Trinajstić information content (AvgIpc) is 2.42. The van der Waals surface area contributed by atoms with Crippen LogP contribution >= 0.6 is 23.8 Å². The molecule has 1 amide bonds. The summed E-state index contributed by atoms with van der Waals surface area (Å²) in [5, 5.41) is 6.35. The molecule has 108 valence electrons. The molecular weight excluding hydrogens is 306 g/mol. The maximum absolute atomic E-state index is 12.3. The highest BCUT2D eigenvalue weighted by molar-refractivity contribution is 7.80. The molecule has 0 aromatic heterocycles. The first kappa shape index (κ1) is 15.3. The lowest BCUT2D eigenvalue weighted by molar-refractivity contribution is 0.102. The summed E-state index contributed by atoms with van der Waals surface area (Å²) >= 11 is 10.7. The predicted octanol–water partition coefficient (Wildman–Crippen LogP) is 3.56. The Morgan fingerprint density at radius 2 is 1.95 bits per heavy atom. The fraction of sp³-hybridized carbons (Fsp3) is 0.0667. The van der Waals surface area contributed by atoms with E-state index in [0.29, 0.717) is 22.0 Å². The van der Waals surface area contributed by atoms with Crippen LogP contribution in [0.1, 0.15) is 15.9 Å². The van der Waals surface area contributed by atoms with E-state index in [2.05, 4.69) is 10.6 Å². The van der Waals surface area contributed by atoms with Gasteiger partial charge < -0.3 is 16.4 Å². The highest BCUT2D eigenvalue weighted by Gasteiger charge is 2.09. The molecule has 4 nitrogen and oxygen atoms in total. The van der Waals surface area contributed by atoms with E-state index in [1.54, 1.807) is 36.4 Å². The third-order valence-corrected chi connectivity index (χ3v) is 3.18. The van der Waals surface area contributed by atoms with E-state index in [0.717, 1.165) is 5.56 Å². The number of benzene rings is 2. The molecule has 0 radical (unpaired) electrons. The minimum Gasteiger partial charge on any atom is -0.376 e. The summed E-state index contributed by atoms with van der Waals surface area (Å²) in [6.45, 7) is 1.90. The molecule has 2 aromatic carbocycles. The predicted molar refractivity (Wildman–Crippen MR) is 91.0 cm³/mol. The van der Waals surface area contributed by atoms with Crippen LogP contribution in [-0.2, 0) is 0 Å². The first-order valence-electron chi connectivity index (χ1n) is 6.20. The van der Waals surface area contributed by atoms with Crippen LogP contribution in [0.2, 0.25) is 5.02 Å². The van der Waals surface area contributed by atoms with Gasteiger partial charge in [-0.1, -0.05) is 23.7 Å². The Morgan fingerprint density at radius 3 is 2.67 bits per heavy atom. The lowest BCUT2D eigenvalue weighted by atomic mass is 10.1. The van der Waals surface area contributed by atoms with Crippen molar-refractivity contribution in [1.82, 2.24) is 0 Å². The van der Waals surface area contributed by atoms with E-state index >= 15 is 0 Å². The lowest BCUT2D eigenvalue weighted by Gasteiger charge is -2.10. The number of hydrogen-bond donors (Lipinski definition) is 3. The summed E-state index contributed by atoms with van der Waals surface area (Å²) in [7, 11) is 0. The Morgan fingerprint density at radius 1 is 1.19 bits per heavy atom. The van der Waals surface area contributed by atoms with Crippen molar-refractivity contribution < 1.29 is 4.79 Å². The summed E-state index contributed by atoms with van der Waals surface area (Å²) in [4.78, 5) is 12.3. The molecule has 0 heterocycles. The van der Waals surface area contributed by atoms with Gasteiger partial charge in [-0.3, -0.25) is 4.79 Å². The van der Waals surface area contributed by atoms with Gasteiger partial charge in [-0.05, 0) is 55.0 Å². The van der Waals surface area contributed by atoms with Crippen LogP contribution in [0.15, 0.2) is 42.5 Å². The van der Waals surface area contributed by atoms with Gasteiger partial charge >= 0.3 is 0 Å². The number of thiocarbonyl (C=S) groups is 1. The monoisotopic (exact) mass is 319 g/mol. The van der Waals surface area contributed by atoms with E-state index < -0.39 is 0 Å².